The van der Waals surface area contributed by atoms with Gasteiger partial charge in [0.25, 0.3) is 0 Å². The largest absolute Gasteiger partial charge is 0.384 e. The summed E-state index contributed by atoms with van der Waals surface area (Å²) in [6, 6.07) is 0. The molecule has 1 atom stereocenters. The molecule has 0 saturated carbocycles. The first kappa shape index (κ1) is 21.7. The van der Waals surface area contributed by atoms with Crippen molar-refractivity contribution in [3.63, 3.8) is 0 Å². The van der Waals surface area contributed by atoms with Gasteiger partial charge in [-0.3, -0.25) is 4.99 Å². The van der Waals surface area contributed by atoms with Crippen LogP contribution in [0, 0.1) is 5.92 Å². The molecule has 1 unspecified atom stereocenters. The molecule has 2 aliphatic heterocycles. The van der Waals surface area contributed by atoms with E-state index in [9.17, 15) is 0 Å². The summed E-state index contributed by atoms with van der Waals surface area (Å²) >= 11 is 1.77. The van der Waals surface area contributed by atoms with E-state index < -0.39 is 0 Å². The molecular weight excluding hydrogens is 461 g/mol. The van der Waals surface area contributed by atoms with Crippen molar-refractivity contribution < 1.29 is 4.74 Å². The fraction of sp³-hybridized carbons (Fsp3) is 0.778. The van der Waals surface area contributed by atoms with E-state index in [-0.39, 0.29) is 24.0 Å². The molecule has 0 spiro atoms. The van der Waals surface area contributed by atoms with Crippen LogP contribution in [-0.2, 0) is 11.2 Å². The number of guanidine groups is 1. The zero-order chi connectivity index (χ0) is 17.5. The van der Waals surface area contributed by atoms with Crippen molar-refractivity contribution in [1.29, 1.82) is 0 Å². The van der Waals surface area contributed by atoms with Crippen LogP contribution in [0.4, 0.5) is 5.13 Å². The lowest BCUT2D eigenvalue weighted by atomic mass is 10.1. The van der Waals surface area contributed by atoms with E-state index in [4.69, 9.17) is 14.7 Å². The number of hydrogen-bond acceptors (Lipinski definition) is 5. The van der Waals surface area contributed by atoms with E-state index in [1.165, 1.54) is 30.1 Å². The van der Waals surface area contributed by atoms with Gasteiger partial charge in [-0.05, 0) is 26.2 Å². The van der Waals surface area contributed by atoms with E-state index in [0.29, 0.717) is 5.92 Å². The summed E-state index contributed by atoms with van der Waals surface area (Å²) in [6.45, 7) is 9.08. The van der Waals surface area contributed by atoms with Crippen LogP contribution in [0.2, 0.25) is 0 Å². The van der Waals surface area contributed by atoms with Crippen LogP contribution in [0.25, 0.3) is 0 Å². The van der Waals surface area contributed by atoms with Crippen LogP contribution in [0.3, 0.4) is 0 Å². The molecule has 2 saturated heterocycles. The smallest absolute Gasteiger partial charge is 0.193 e. The zero-order valence-corrected chi connectivity index (χ0v) is 19.1. The van der Waals surface area contributed by atoms with Gasteiger partial charge in [-0.1, -0.05) is 0 Å². The number of likely N-dealkylation sites (tertiary alicyclic amines) is 1. The molecule has 1 N–H and O–H groups in total. The van der Waals surface area contributed by atoms with Crippen LogP contribution in [-0.4, -0.2) is 68.8 Å². The van der Waals surface area contributed by atoms with Gasteiger partial charge in [0.2, 0.25) is 0 Å². The molecule has 1 aromatic rings. The molecule has 148 valence electrons. The van der Waals surface area contributed by atoms with Gasteiger partial charge in [0.15, 0.2) is 11.1 Å². The monoisotopic (exact) mass is 493 g/mol. The molecule has 3 rings (SSSR count). The predicted molar refractivity (Wildman–Crippen MR) is 120 cm³/mol. The minimum absolute atomic E-state index is 0. The van der Waals surface area contributed by atoms with E-state index in [1.807, 2.05) is 0 Å². The van der Waals surface area contributed by atoms with Gasteiger partial charge in [-0.2, -0.15) is 0 Å². The molecule has 8 heteroatoms. The highest BCUT2D eigenvalue weighted by Gasteiger charge is 2.24. The number of thiazole rings is 1. The lowest BCUT2D eigenvalue weighted by Crippen LogP contribution is -2.40. The topological polar surface area (TPSA) is 53.0 Å². The Bertz CT molecular complexity index is 562. The molecule has 1 aromatic heterocycles. The van der Waals surface area contributed by atoms with Gasteiger partial charge in [0.1, 0.15) is 0 Å². The van der Waals surface area contributed by atoms with Gasteiger partial charge >= 0.3 is 0 Å². The number of nitrogens with zero attached hydrogens (tertiary/aromatic N) is 4. The Balaban J connectivity index is 0.00000243. The number of ether oxygens (including phenoxy) is 1. The Labute approximate surface area is 178 Å². The van der Waals surface area contributed by atoms with Gasteiger partial charge in [0, 0.05) is 64.1 Å². The van der Waals surface area contributed by atoms with Gasteiger partial charge in [0.05, 0.1) is 12.3 Å². The van der Waals surface area contributed by atoms with Crippen molar-refractivity contribution in [3.05, 3.63) is 11.1 Å². The van der Waals surface area contributed by atoms with Gasteiger partial charge < -0.3 is 19.9 Å². The molecular formula is C18H32IN5OS. The van der Waals surface area contributed by atoms with Crippen molar-refractivity contribution in [2.24, 2.45) is 10.9 Å². The number of anilines is 1. The predicted octanol–water partition coefficient (Wildman–Crippen LogP) is 2.84. The third-order valence-electron chi connectivity index (χ3n) is 4.87. The number of methoxy groups -OCH3 is 1. The summed E-state index contributed by atoms with van der Waals surface area (Å²) in [4.78, 5) is 14.4. The number of rotatable bonds is 7. The number of hydrogen-bond donors (Lipinski definition) is 1. The van der Waals surface area contributed by atoms with Crippen molar-refractivity contribution in [1.82, 2.24) is 15.2 Å². The van der Waals surface area contributed by atoms with Crippen molar-refractivity contribution >= 4 is 46.4 Å². The van der Waals surface area contributed by atoms with Crippen LogP contribution >= 0.6 is 35.3 Å². The average molecular weight is 493 g/mol. The van der Waals surface area contributed by atoms with Gasteiger partial charge in [-0.15, -0.1) is 35.3 Å². The standard InChI is InChI=1S/C18H31N5OS.HI/c1-3-19-17(23-11-7-15(12-23)13-24-2)20-8-6-16-14-25-18(21-16)22-9-4-5-10-22;/h14-15H,3-13H2,1-2H3,(H,19,20);1H. The van der Waals surface area contributed by atoms with E-state index in [1.54, 1.807) is 18.4 Å². The molecule has 26 heavy (non-hydrogen) atoms. The van der Waals surface area contributed by atoms with Crippen LogP contribution in [0.5, 0.6) is 0 Å². The van der Waals surface area contributed by atoms with E-state index in [2.05, 4.69) is 27.4 Å². The summed E-state index contributed by atoms with van der Waals surface area (Å²) in [6.07, 6.45) is 4.69. The maximum atomic E-state index is 5.30. The quantitative estimate of drug-likeness (QED) is 0.360. The average Bonchev–Trinajstić information content (AvgIpc) is 3.35. The zero-order valence-electron chi connectivity index (χ0n) is 15.9. The molecule has 0 amide bonds. The van der Waals surface area contributed by atoms with Crippen molar-refractivity contribution in [2.75, 3.05) is 57.9 Å². The molecule has 2 aliphatic rings. The summed E-state index contributed by atoms with van der Waals surface area (Å²) in [5.41, 5.74) is 1.17. The first-order valence-corrected chi connectivity index (χ1v) is 10.4. The lowest BCUT2D eigenvalue weighted by Gasteiger charge is -2.21. The maximum absolute atomic E-state index is 5.30. The van der Waals surface area contributed by atoms with E-state index in [0.717, 1.165) is 58.3 Å². The third kappa shape index (κ3) is 5.95. The number of nitrogens with one attached hydrogen (secondary N) is 1. The molecule has 0 aromatic carbocycles. The normalized spacial score (nSPS) is 20.5. The first-order chi connectivity index (χ1) is 12.3. The second-order valence-corrected chi connectivity index (χ2v) is 7.69. The molecule has 0 aliphatic carbocycles. The molecule has 3 heterocycles. The number of halogens is 1. The van der Waals surface area contributed by atoms with Crippen molar-refractivity contribution in [3.8, 4) is 0 Å². The Morgan fingerprint density at radius 3 is 2.92 bits per heavy atom. The Morgan fingerprint density at radius 1 is 1.38 bits per heavy atom. The molecule has 0 bridgehead atoms. The summed E-state index contributed by atoms with van der Waals surface area (Å²) in [5.74, 6) is 1.66. The lowest BCUT2D eigenvalue weighted by molar-refractivity contribution is 0.157. The second kappa shape index (κ2) is 11.3. The maximum Gasteiger partial charge on any atom is 0.193 e. The summed E-state index contributed by atoms with van der Waals surface area (Å²) in [7, 11) is 1.78. The number of aromatic nitrogens is 1. The van der Waals surface area contributed by atoms with E-state index >= 15 is 0 Å². The van der Waals surface area contributed by atoms with Crippen LogP contribution in [0.1, 0.15) is 31.9 Å². The second-order valence-electron chi connectivity index (χ2n) is 6.86. The Morgan fingerprint density at radius 2 is 2.19 bits per heavy atom. The molecule has 0 radical (unpaired) electrons. The molecule has 6 nitrogen and oxygen atoms in total. The summed E-state index contributed by atoms with van der Waals surface area (Å²) < 4.78 is 5.30. The third-order valence-corrected chi connectivity index (χ3v) is 5.82. The number of aliphatic imine (C=N–C) groups is 1. The highest BCUT2D eigenvalue weighted by Crippen LogP contribution is 2.24. The fourth-order valence-electron chi connectivity index (χ4n) is 3.56. The molecule has 2 fully saturated rings. The summed E-state index contributed by atoms with van der Waals surface area (Å²) in [5, 5.41) is 6.81. The van der Waals surface area contributed by atoms with Crippen molar-refractivity contribution in [2.45, 2.75) is 32.6 Å². The van der Waals surface area contributed by atoms with Crippen LogP contribution < -0.4 is 10.2 Å². The van der Waals surface area contributed by atoms with Crippen LogP contribution in [0.15, 0.2) is 10.4 Å². The Kier molecular flexibility index (Phi) is 9.41. The highest BCUT2D eigenvalue weighted by molar-refractivity contribution is 14.0. The minimum Gasteiger partial charge on any atom is -0.384 e. The minimum atomic E-state index is 0. The Hall–Kier alpha value is -0.610. The fourth-order valence-corrected chi connectivity index (χ4v) is 4.48. The SMILES string of the molecule is CCNC(=NCCc1csc(N2CCCC2)n1)N1CCC(COC)C1.I. The first-order valence-electron chi connectivity index (χ1n) is 9.51. The highest BCUT2D eigenvalue weighted by atomic mass is 127. The van der Waals surface area contributed by atoms with Gasteiger partial charge in [-0.25, -0.2) is 4.98 Å².